The number of aromatic nitrogens is 1. The fourth-order valence-electron chi connectivity index (χ4n) is 5.42. The van der Waals surface area contributed by atoms with Crippen molar-refractivity contribution in [1.29, 1.82) is 0 Å². The first-order valence-electron chi connectivity index (χ1n) is 12.9. The number of hydroxylamine groups is 1. The molecule has 0 bridgehead atoms. The number of H-pyrrole nitrogens is 1. The van der Waals surface area contributed by atoms with E-state index in [2.05, 4.69) is 51.1 Å². The minimum Gasteiger partial charge on any atom is -0.361 e. The number of carbonyl (C=O) groups is 1. The van der Waals surface area contributed by atoms with Crippen LogP contribution in [0.1, 0.15) is 40.3 Å². The van der Waals surface area contributed by atoms with Crippen molar-refractivity contribution in [3.8, 4) is 0 Å². The molecule has 1 aromatic heterocycles. The minimum absolute atomic E-state index is 0.175. The van der Waals surface area contributed by atoms with E-state index < -0.39 is 15.9 Å². The third-order valence-electron chi connectivity index (χ3n) is 7.40. The summed E-state index contributed by atoms with van der Waals surface area (Å²) in [6, 6.07) is 21.8. The Morgan fingerprint density at radius 2 is 1.97 bits per heavy atom. The van der Waals surface area contributed by atoms with Crippen molar-refractivity contribution < 1.29 is 18.4 Å². The summed E-state index contributed by atoms with van der Waals surface area (Å²) in [5, 5.41) is 9.96. The van der Waals surface area contributed by atoms with E-state index in [9.17, 15) is 13.2 Å². The van der Waals surface area contributed by atoms with E-state index >= 15 is 0 Å². The van der Waals surface area contributed by atoms with Crippen LogP contribution in [0.15, 0.2) is 83.9 Å². The Morgan fingerprint density at radius 1 is 1.13 bits per heavy atom. The van der Waals surface area contributed by atoms with Gasteiger partial charge in [-0.05, 0) is 78.4 Å². The van der Waals surface area contributed by atoms with Crippen LogP contribution in [0.3, 0.4) is 0 Å². The molecule has 8 nitrogen and oxygen atoms in total. The van der Waals surface area contributed by atoms with Crippen LogP contribution in [0, 0.1) is 0 Å². The number of benzene rings is 3. The summed E-state index contributed by atoms with van der Waals surface area (Å²) in [6.07, 6.45) is 7.76. The molecule has 1 aliphatic carbocycles. The normalized spacial score (nSPS) is 15.3. The molecular weight excluding hydrogens is 512 g/mol. The number of para-hydroxylation sites is 1. The predicted octanol–water partition coefficient (Wildman–Crippen LogP) is 4.33. The fourth-order valence-corrected chi connectivity index (χ4v) is 6.22. The first-order chi connectivity index (χ1) is 18.9. The van der Waals surface area contributed by atoms with Gasteiger partial charge in [0.2, 0.25) is 10.0 Å². The van der Waals surface area contributed by atoms with Crippen LogP contribution in [-0.2, 0) is 34.2 Å². The van der Waals surface area contributed by atoms with Crippen LogP contribution in [0.5, 0.6) is 0 Å². The molecular formula is C30H32N4O4S. The van der Waals surface area contributed by atoms with Crippen molar-refractivity contribution in [3.63, 3.8) is 0 Å². The molecule has 3 aromatic carbocycles. The van der Waals surface area contributed by atoms with Crippen molar-refractivity contribution in [3.05, 3.63) is 107 Å². The molecule has 4 N–H and O–H groups in total. The second kappa shape index (κ2) is 11.5. The number of aromatic amines is 1. The van der Waals surface area contributed by atoms with Gasteiger partial charge in [0, 0.05) is 42.3 Å². The molecule has 0 aliphatic heterocycles. The maximum atomic E-state index is 12.4. The lowest BCUT2D eigenvalue weighted by Crippen LogP contribution is -2.29. The monoisotopic (exact) mass is 544 g/mol. The molecule has 1 amide bonds. The van der Waals surface area contributed by atoms with Gasteiger partial charge >= 0.3 is 0 Å². The molecule has 0 fully saturated rings. The van der Waals surface area contributed by atoms with Crippen LogP contribution in [-0.4, -0.2) is 43.0 Å². The van der Waals surface area contributed by atoms with Crippen molar-refractivity contribution in [1.82, 2.24) is 20.1 Å². The molecule has 4 aromatic rings. The lowest BCUT2D eigenvalue weighted by Gasteiger charge is -2.30. The van der Waals surface area contributed by atoms with Gasteiger partial charge in [-0.2, -0.15) is 0 Å². The van der Waals surface area contributed by atoms with Gasteiger partial charge in [0.1, 0.15) is 0 Å². The van der Waals surface area contributed by atoms with Gasteiger partial charge in [0.15, 0.2) is 0 Å². The molecule has 1 heterocycles. The van der Waals surface area contributed by atoms with Gasteiger partial charge in [-0.15, -0.1) is 0 Å². The third-order valence-corrected chi connectivity index (χ3v) is 8.81. The van der Waals surface area contributed by atoms with E-state index in [1.165, 1.54) is 35.2 Å². The number of amides is 1. The second-order valence-electron chi connectivity index (χ2n) is 9.76. The lowest BCUT2D eigenvalue weighted by molar-refractivity contribution is -0.124. The third kappa shape index (κ3) is 5.97. The molecule has 9 heteroatoms. The molecule has 1 unspecified atom stereocenters. The maximum absolute atomic E-state index is 12.4. The number of carbonyl (C=O) groups excluding carboxylic acids is 1. The summed E-state index contributed by atoms with van der Waals surface area (Å²) in [4.78, 5) is 17.5. The topological polar surface area (TPSA) is 115 Å². The van der Waals surface area contributed by atoms with E-state index in [0.29, 0.717) is 6.54 Å². The zero-order valence-corrected chi connectivity index (χ0v) is 22.5. The number of hydrogen-bond acceptors (Lipinski definition) is 5. The average Bonchev–Trinajstić information content (AvgIpc) is 3.58. The number of hydrogen-bond donors (Lipinski definition) is 4. The van der Waals surface area contributed by atoms with Gasteiger partial charge in [0.25, 0.3) is 5.91 Å². The van der Waals surface area contributed by atoms with Crippen molar-refractivity contribution in [2.45, 2.75) is 36.7 Å². The largest absolute Gasteiger partial charge is 0.361 e. The van der Waals surface area contributed by atoms with Gasteiger partial charge in [-0.25, -0.2) is 18.6 Å². The molecule has 39 heavy (non-hydrogen) atoms. The van der Waals surface area contributed by atoms with E-state index in [1.807, 2.05) is 18.2 Å². The Bertz CT molecular complexity index is 1630. The standard InChI is InChI=1S/C30H32N4O4S/c1-31-39(37,38)25-6-4-5-22(18-25)20-34(16-15-24-19-32-28-8-3-2-7-26(24)28)29-13-11-23-17-21(9-12-27(23)29)10-14-30(35)33-36/h2-10,12,14,17-19,29,31-32,36H,11,13,15-16,20H2,1H3,(H,33,35)/b14-10+. The van der Waals surface area contributed by atoms with Gasteiger partial charge in [-0.1, -0.05) is 48.5 Å². The molecule has 0 saturated carbocycles. The van der Waals surface area contributed by atoms with Gasteiger partial charge in [-0.3, -0.25) is 14.9 Å². The van der Waals surface area contributed by atoms with Crippen molar-refractivity contribution in [2.75, 3.05) is 13.6 Å². The Morgan fingerprint density at radius 3 is 2.79 bits per heavy atom. The summed E-state index contributed by atoms with van der Waals surface area (Å²) in [5.74, 6) is -0.570. The Balaban J connectivity index is 1.43. The molecule has 5 rings (SSSR count). The van der Waals surface area contributed by atoms with Gasteiger partial charge in [0.05, 0.1) is 4.90 Å². The Kier molecular flexibility index (Phi) is 7.94. The van der Waals surface area contributed by atoms with E-state index in [0.717, 1.165) is 42.5 Å². The second-order valence-corrected chi connectivity index (χ2v) is 11.6. The first-order valence-corrected chi connectivity index (χ1v) is 14.4. The number of rotatable bonds is 10. The summed E-state index contributed by atoms with van der Waals surface area (Å²) < 4.78 is 27.3. The highest BCUT2D eigenvalue weighted by atomic mass is 32.2. The number of fused-ring (bicyclic) bond motifs is 2. The SMILES string of the molecule is CNS(=O)(=O)c1cccc(CN(CCc2c[nH]c3ccccc23)C2CCc3cc(/C=C/C(=O)NO)ccc32)c1. The summed E-state index contributed by atoms with van der Waals surface area (Å²) >= 11 is 0. The van der Waals surface area contributed by atoms with E-state index in [1.54, 1.807) is 29.8 Å². The molecule has 0 saturated heterocycles. The maximum Gasteiger partial charge on any atom is 0.267 e. The highest BCUT2D eigenvalue weighted by Gasteiger charge is 2.28. The quantitative estimate of drug-likeness (QED) is 0.135. The van der Waals surface area contributed by atoms with E-state index in [-0.39, 0.29) is 10.9 Å². The summed E-state index contributed by atoms with van der Waals surface area (Å²) in [7, 11) is -2.12. The van der Waals surface area contributed by atoms with Crippen LogP contribution in [0.4, 0.5) is 0 Å². The highest BCUT2D eigenvalue weighted by molar-refractivity contribution is 7.89. The van der Waals surface area contributed by atoms with Gasteiger partial charge < -0.3 is 4.98 Å². The highest BCUT2D eigenvalue weighted by Crippen LogP contribution is 2.37. The summed E-state index contributed by atoms with van der Waals surface area (Å²) in [5.41, 5.74) is 8.29. The van der Waals surface area contributed by atoms with Crippen LogP contribution in [0.25, 0.3) is 17.0 Å². The van der Waals surface area contributed by atoms with Crippen LogP contribution in [0.2, 0.25) is 0 Å². The zero-order chi connectivity index (χ0) is 27.4. The zero-order valence-electron chi connectivity index (χ0n) is 21.7. The molecule has 1 aliphatic rings. The van der Waals surface area contributed by atoms with E-state index in [4.69, 9.17) is 5.21 Å². The summed E-state index contributed by atoms with van der Waals surface area (Å²) in [6.45, 7) is 1.41. The average molecular weight is 545 g/mol. The molecule has 0 radical (unpaired) electrons. The molecule has 1 atom stereocenters. The Labute approximate surface area is 228 Å². The smallest absolute Gasteiger partial charge is 0.267 e. The first kappa shape index (κ1) is 26.8. The van der Waals surface area contributed by atoms with Crippen molar-refractivity contribution >= 4 is 32.9 Å². The Hall–Kier alpha value is -3.76. The molecule has 202 valence electrons. The molecule has 0 spiro atoms. The number of nitrogens with zero attached hydrogens (tertiary/aromatic N) is 1. The predicted molar refractivity (Wildman–Crippen MR) is 152 cm³/mol. The van der Waals surface area contributed by atoms with Crippen LogP contribution >= 0.6 is 0 Å². The fraction of sp³-hybridized carbons (Fsp3) is 0.233. The number of nitrogens with one attached hydrogen (secondary N) is 3. The number of aryl methyl sites for hydroxylation is 1. The minimum atomic E-state index is -3.54. The van der Waals surface area contributed by atoms with Crippen molar-refractivity contribution in [2.24, 2.45) is 0 Å². The lowest BCUT2D eigenvalue weighted by atomic mass is 10.0. The number of sulfonamides is 1. The van der Waals surface area contributed by atoms with Crippen LogP contribution < -0.4 is 10.2 Å².